The van der Waals surface area contributed by atoms with Crippen LogP contribution in [0.2, 0.25) is 0 Å². The number of hydrogen-bond donors (Lipinski definition) is 3. The first kappa shape index (κ1) is 12.9. The van der Waals surface area contributed by atoms with Crippen LogP contribution in [-0.2, 0) is 11.3 Å². The predicted molar refractivity (Wildman–Crippen MR) is 73.3 cm³/mol. The lowest BCUT2D eigenvalue weighted by Crippen LogP contribution is -2.42. The summed E-state index contributed by atoms with van der Waals surface area (Å²) in [6, 6.07) is 1.45. The second kappa shape index (κ2) is 4.17. The van der Waals surface area contributed by atoms with Gasteiger partial charge in [-0.3, -0.25) is 14.7 Å². The van der Waals surface area contributed by atoms with E-state index in [-0.39, 0.29) is 11.5 Å². The number of hydrogen-bond acceptors (Lipinski definition) is 4. The number of carbonyl (C=O) groups excluding carboxylic acids is 1. The Kier molecular flexibility index (Phi) is 2.68. The van der Waals surface area contributed by atoms with Crippen LogP contribution < -0.4 is 16.6 Å². The molecule has 0 atom stereocenters. The van der Waals surface area contributed by atoms with E-state index in [4.69, 9.17) is 5.73 Å². The van der Waals surface area contributed by atoms with Gasteiger partial charge in [0.15, 0.2) is 5.65 Å². The highest BCUT2D eigenvalue weighted by Crippen LogP contribution is 2.32. The number of carbonyl (C=O) groups is 1. The number of H-pyrrole nitrogens is 1. The standard InChI is InChI=1S/C13H17N5O2/c1-7-9(6-15-12(20)13(14)3-4-13)8(2)18-10(16-7)5-11(19)17-18/h5H,3-4,6,14H2,1-2H3,(H,15,20)(H,17,19). The zero-order chi connectivity index (χ0) is 14.5. The van der Waals surface area contributed by atoms with E-state index in [9.17, 15) is 9.59 Å². The lowest BCUT2D eigenvalue weighted by Gasteiger charge is -2.14. The molecule has 0 unspecified atom stereocenters. The SMILES string of the molecule is Cc1nc2cc(=O)[nH]n2c(C)c1CNC(=O)C1(N)CC1. The molecule has 2 aromatic heterocycles. The van der Waals surface area contributed by atoms with Crippen LogP contribution in [0.4, 0.5) is 0 Å². The molecule has 4 N–H and O–H groups in total. The van der Waals surface area contributed by atoms with Gasteiger partial charge in [-0.05, 0) is 26.7 Å². The van der Waals surface area contributed by atoms with E-state index in [2.05, 4.69) is 15.4 Å². The van der Waals surface area contributed by atoms with Gasteiger partial charge in [-0.2, -0.15) is 0 Å². The maximum atomic E-state index is 11.9. The molecular formula is C13H17N5O2. The van der Waals surface area contributed by atoms with E-state index < -0.39 is 5.54 Å². The van der Waals surface area contributed by atoms with Crippen molar-refractivity contribution in [1.82, 2.24) is 19.9 Å². The summed E-state index contributed by atoms with van der Waals surface area (Å²) >= 11 is 0. The number of nitrogens with one attached hydrogen (secondary N) is 2. The van der Waals surface area contributed by atoms with Gasteiger partial charge >= 0.3 is 0 Å². The van der Waals surface area contributed by atoms with Crippen molar-refractivity contribution in [3.63, 3.8) is 0 Å². The van der Waals surface area contributed by atoms with Crippen LogP contribution in [-0.4, -0.2) is 26.0 Å². The predicted octanol–water partition coefficient (Wildman–Crippen LogP) is -0.253. The van der Waals surface area contributed by atoms with Gasteiger partial charge in [0.1, 0.15) is 0 Å². The van der Waals surface area contributed by atoms with Gasteiger partial charge in [-0.25, -0.2) is 9.50 Å². The van der Waals surface area contributed by atoms with Crippen molar-refractivity contribution < 1.29 is 4.79 Å². The number of nitrogens with zero attached hydrogens (tertiary/aromatic N) is 2. The van der Waals surface area contributed by atoms with Crippen molar-refractivity contribution in [3.05, 3.63) is 33.4 Å². The maximum absolute atomic E-state index is 11.9. The number of aromatic amines is 1. The number of fused-ring (bicyclic) bond motifs is 1. The minimum absolute atomic E-state index is 0.127. The quantitative estimate of drug-likeness (QED) is 0.718. The molecule has 0 saturated heterocycles. The van der Waals surface area contributed by atoms with Crippen LogP contribution >= 0.6 is 0 Å². The first-order chi connectivity index (χ1) is 9.40. The molecule has 0 aliphatic heterocycles. The van der Waals surface area contributed by atoms with E-state index in [0.717, 1.165) is 29.8 Å². The van der Waals surface area contributed by atoms with Gasteiger partial charge in [0.2, 0.25) is 5.91 Å². The molecule has 1 amide bonds. The Morgan fingerprint density at radius 3 is 2.90 bits per heavy atom. The monoisotopic (exact) mass is 275 g/mol. The highest BCUT2D eigenvalue weighted by molar-refractivity contribution is 5.88. The fraction of sp³-hybridized carbons (Fsp3) is 0.462. The lowest BCUT2D eigenvalue weighted by molar-refractivity contribution is -0.123. The molecule has 0 spiro atoms. The summed E-state index contributed by atoms with van der Waals surface area (Å²) in [4.78, 5) is 27.6. The average Bonchev–Trinajstić information content (AvgIpc) is 3.02. The summed E-state index contributed by atoms with van der Waals surface area (Å²) in [6.45, 7) is 4.11. The van der Waals surface area contributed by atoms with Crippen molar-refractivity contribution >= 4 is 11.6 Å². The average molecular weight is 275 g/mol. The van der Waals surface area contributed by atoms with E-state index >= 15 is 0 Å². The van der Waals surface area contributed by atoms with Crippen LogP contribution in [0.15, 0.2) is 10.9 Å². The van der Waals surface area contributed by atoms with E-state index in [1.54, 1.807) is 4.52 Å². The van der Waals surface area contributed by atoms with Crippen molar-refractivity contribution in [3.8, 4) is 0 Å². The highest BCUT2D eigenvalue weighted by Gasteiger charge is 2.45. The summed E-state index contributed by atoms with van der Waals surface area (Å²) in [5.41, 5.74) is 8.09. The molecule has 1 aliphatic rings. The topological polar surface area (TPSA) is 105 Å². The lowest BCUT2D eigenvalue weighted by atomic mass is 10.1. The zero-order valence-electron chi connectivity index (χ0n) is 11.5. The molecule has 7 nitrogen and oxygen atoms in total. The molecule has 1 fully saturated rings. The summed E-state index contributed by atoms with van der Waals surface area (Å²) in [5.74, 6) is -0.127. The van der Waals surface area contributed by atoms with Gasteiger partial charge in [0, 0.05) is 29.6 Å². The Labute approximate surface area is 115 Å². The Morgan fingerprint density at radius 1 is 1.55 bits per heavy atom. The minimum Gasteiger partial charge on any atom is -0.350 e. The van der Waals surface area contributed by atoms with Gasteiger partial charge in [-0.1, -0.05) is 0 Å². The number of aromatic nitrogens is 3. The molecule has 7 heteroatoms. The Hall–Kier alpha value is -2.15. The van der Waals surface area contributed by atoms with Crippen LogP contribution in [0.3, 0.4) is 0 Å². The molecule has 0 radical (unpaired) electrons. The van der Waals surface area contributed by atoms with Gasteiger partial charge in [0.25, 0.3) is 5.56 Å². The molecule has 0 bridgehead atoms. The van der Waals surface area contributed by atoms with Crippen molar-refractivity contribution in [2.75, 3.05) is 0 Å². The van der Waals surface area contributed by atoms with Crippen LogP contribution in [0.5, 0.6) is 0 Å². The fourth-order valence-electron chi connectivity index (χ4n) is 2.32. The smallest absolute Gasteiger partial charge is 0.266 e. The number of nitrogens with two attached hydrogens (primary N) is 1. The van der Waals surface area contributed by atoms with E-state index in [1.165, 1.54) is 6.07 Å². The Balaban J connectivity index is 1.90. The second-order valence-corrected chi connectivity index (χ2v) is 5.41. The third kappa shape index (κ3) is 2.00. The van der Waals surface area contributed by atoms with Crippen molar-refractivity contribution in [1.29, 1.82) is 0 Å². The molecule has 1 saturated carbocycles. The summed E-state index contributed by atoms with van der Waals surface area (Å²) in [5, 5.41) is 5.53. The second-order valence-electron chi connectivity index (χ2n) is 5.41. The van der Waals surface area contributed by atoms with Gasteiger partial charge < -0.3 is 11.1 Å². The summed E-state index contributed by atoms with van der Waals surface area (Å²) < 4.78 is 1.63. The first-order valence-corrected chi connectivity index (χ1v) is 6.56. The Morgan fingerprint density at radius 2 is 2.25 bits per heavy atom. The Bertz CT molecular complexity index is 754. The number of amides is 1. The largest absolute Gasteiger partial charge is 0.350 e. The third-order valence-electron chi connectivity index (χ3n) is 3.87. The summed E-state index contributed by atoms with van der Waals surface area (Å²) in [7, 11) is 0. The molecule has 0 aromatic carbocycles. The van der Waals surface area contributed by atoms with Crippen LogP contribution in [0, 0.1) is 13.8 Å². The van der Waals surface area contributed by atoms with Crippen LogP contribution in [0.1, 0.15) is 29.8 Å². The van der Waals surface area contributed by atoms with Gasteiger partial charge in [-0.15, -0.1) is 0 Å². The summed E-state index contributed by atoms with van der Waals surface area (Å²) in [6.07, 6.45) is 1.47. The molecule has 20 heavy (non-hydrogen) atoms. The third-order valence-corrected chi connectivity index (χ3v) is 3.87. The molecule has 3 rings (SSSR count). The molecule has 106 valence electrons. The van der Waals surface area contributed by atoms with Crippen molar-refractivity contribution in [2.24, 2.45) is 5.73 Å². The van der Waals surface area contributed by atoms with Crippen LogP contribution in [0.25, 0.3) is 5.65 Å². The molecule has 2 aromatic rings. The highest BCUT2D eigenvalue weighted by atomic mass is 16.2. The first-order valence-electron chi connectivity index (χ1n) is 6.56. The van der Waals surface area contributed by atoms with E-state index in [0.29, 0.717) is 12.2 Å². The minimum atomic E-state index is -0.679. The number of rotatable bonds is 3. The molecule has 2 heterocycles. The number of aryl methyl sites for hydroxylation is 2. The molecular weight excluding hydrogens is 258 g/mol. The van der Waals surface area contributed by atoms with Crippen molar-refractivity contribution in [2.45, 2.75) is 38.8 Å². The fourth-order valence-corrected chi connectivity index (χ4v) is 2.32. The zero-order valence-corrected chi connectivity index (χ0v) is 11.5. The van der Waals surface area contributed by atoms with Gasteiger partial charge in [0.05, 0.1) is 5.54 Å². The maximum Gasteiger partial charge on any atom is 0.266 e. The normalized spacial score (nSPS) is 16.4. The van der Waals surface area contributed by atoms with E-state index in [1.807, 2.05) is 13.8 Å². The molecule has 1 aliphatic carbocycles.